The summed E-state index contributed by atoms with van der Waals surface area (Å²) >= 11 is 0. The molecule has 4 nitrogen and oxygen atoms in total. The van der Waals surface area contributed by atoms with E-state index in [1.807, 2.05) is 12.3 Å². The molecule has 0 bridgehead atoms. The minimum absolute atomic E-state index is 0.164. The van der Waals surface area contributed by atoms with E-state index in [2.05, 4.69) is 9.78 Å². The van der Waals surface area contributed by atoms with Crippen LogP contribution in [0.4, 0.5) is 0 Å². The zero-order chi connectivity index (χ0) is 14.7. The molecule has 2 aliphatic carbocycles. The number of nitrogens with zero attached hydrogens (tertiary/aromatic N) is 2. The number of hydrogen-bond donors (Lipinski definition) is 0. The zero-order valence-electron chi connectivity index (χ0n) is 13.0. The Bertz CT molecular complexity index is 479. The Kier molecular flexibility index (Phi) is 4.43. The largest absolute Gasteiger partial charge is 0.378 e. The van der Waals surface area contributed by atoms with Crippen LogP contribution >= 0.6 is 0 Å². The smallest absolute Gasteiger partial charge is 0.141 e. The van der Waals surface area contributed by atoms with Gasteiger partial charge in [0, 0.05) is 19.7 Å². The van der Waals surface area contributed by atoms with Crippen molar-refractivity contribution in [1.29, 1.82) is 0 Å². The van der Waals surface area contributed by atoms with Gasteiger partial charge in [0.25, 0.3) is 0 Å². The Hall–Kier alpha value is -1.16. The molecule has 1 aromatic rings. The van der Waals surface area contributed by atoms with Gasteiger partial charge in [0.15, 0.2) is 0 Å². The summed E-state index contributed by atoms with van der Waals surface area (Å²) in [6, 6.07) is 2.55. The first-order chi connectivity index (χ1) is 10.2. The highest BCUT2D eigenvalue weighted by atomic mass is 16.5. The fraction of sp³-hybridized carbons (Fsp3) is 0.765. The molecule has 0 spiro atoms. The second kappa shape index (κ2) is 6.30. The minimum Gasteiger partial charge on any atom is -0.378 e. The molecule has 2 saturated carbocycles. The predicted molar refractivity (Wildman–Crippen MR) is 81.3 cm³/mol. The highest BCUT2D eigenvalue weighted by Crippen LogP contribution is 2.38. The van der Waals surface area contributed by atoms with Crippen LogP contribution in [0, 0.1) is 0 Å². The van der Waals surface area contributed by atoms with Crippen molar-refractivity contribution in [1.82, 2.24) is 9.78 Å². The maximum Gasteiger partial charge on any atom is 0.141 e. The Morgan fingerprint density at radius 3 is 2.71 bits per heavy atom. The molecular formula is C17H26N2O2. The maximum atomic E-state index is 12.2. The van der Waals surface area contributed by atoms with Crippen LogP contribution in [0.2, 0.25) is 0 Å². The number of carbonyl (C=O) groups is 1. The normalized spacial score (nSPS) is 22.0. The summed E-state index contributed by atoms with van der Waals surface area (Å²) in [5, 5.41) is 4.63. The number of Topliss-reactive ketones (excluding diaryl/α,β-unsaturated/α-hetero) is 1. The van der Waals surface area contributed by atoms with Gasteiger partial charge >= 0.3 is 0 Å². The number of aromatic nitrogens is 2. The number of ketones is 1. The van der Waals surface area contributed by atoms with Crippen molar-refractivity contribution in [2.75, 3.05) is 7.11 Å². The predicted octanol–water partition coefficient (Wildman–Crippen LogP) is 3.46. The number of methoxy groups -OCH3 is 1. The lowest BCUT2D eigenvalue weighted by Gasteiger charge is -2.40. The van der Waals surface area contributed by atoms with Gasteiger partial charge in [0.2, 0.25) is 0 Å². The molecule has 1 heterocycles. The lowest BCUT2D eigenvalue weighted by atomic mass is 9.76. The van der Waals surface area contributed by atoms with E-state index in [0.29, 0.717) is 18.9 Å². The van der Waals surface area contributed by atoms with Crippen molar-refractivity contribution in [2.45, 2.75) is 75.9 Å². The van der Waals surface area contributed by atoms with Gasteiger partial charge in [-0.05, 0) is 38.2 Å². The molecule has 1 aromatic heterocycles. The fourth-order valence-corrected chi connectivity index (χ4v) is 3.67. The quantitative estimate of drug-likeness (QED) is 0.806. The molecule has 2 aliphatic rings. The van der Waals surface area contributed by atoms with E-state index in [9.17, 15) is 4.79 Å². The van der Waals surface area contributed by atoms with E-state index in [1.165, 1.54) is 38.5 Å². The lowest BCUT2D eigenvalue weighted by molar-refractivity contribution is -0.131. The van der Waals surface area contributed by atoms with Crippen LogP contribution in [0.15, 0.2) is 12.3 Å². The van der Waals surface area contributed by atoms with Gasteiger partial charge in [0.05, 0.1) is 23.8 Å². The van der Waals surface area contributed by atoms with Crippen LogP contribution in [-0.2, 0) is 16.0 Å². The van der Waals surface area contributed by atoms with E-state index in [1.54, 1.807) is 7.11 Å². The van der Waals surface area contributed by atoms with Gasteiger partial charge in [-0.25, -0.2) is 0 Å². The molecule has 0 N–H and O–H groups in total. The molecule has 21 heavy (non-hydrogen) atoms. The first-order valence-corrected chi connectivity index (χ1v) is 8.32. The Morgan fingerprint density at radius 2 is 2.10 bits per heavy atom. The Labute approximate surface area is 126 Å². The molecule has 3 rings (SSSR count). The topological polar surface area (TPSA) is 44.1 Å². The van der Waals surface area contributed by atoms with E-state index >= 15 is 0 Å². The van der Waals surface area contributed by atoms with Crippen molar-refractivity contribution in [3.05, 3.63) is 18.0 Å². The van der Waals surface area contributed by atoms with Crippen LogP contribution < -0.4 is 0 Å². The number of hydrogen-bond acceptors (Lipinski definition) is 3. The second-order valence-corrected chi connectivity index (χ2v) is 6.71. The van der Waals surface area contributed by atoms with E-state index in [4.69, 9.17) is 4.74 Å². The second-order valence-electron chi connectivity index (χ2n) is 6.71. The fourth-order valence-electron chi connectivity index (χ4n) is 3.67. The lowest BCUT2D eigenvalue weighted by Crippen LogP contribution is -2.41. The third-order valence-electron chi connectivity index (χ3n) is 5.21. The van der Waals surface area contributed by atoms with Crippen LogP contribution in [0.3, 0.4) is 0 Å². The standard InChI is InChI=1S/C17H26N2O2/c1-21-17(9-5-10-17)13-16(20)12-14-8-11-19(18-14)15-6-3-2-4-7-15/h8,11,15H,2-7,9-10,12-13H2,1H3. The molecule has 0 radical (unpaired) electrons. The van der Waals surface area contributed by atoms with Crippen molar-refractivity contribution in [2.24, 2.45) is 0 Å². The van der Waals surface area contributed by atoms with Crippen molar-refractivity contribution in [3.8, 4) is 0 Å². The molecule has 2 fully saturated rings. The third-order valence-corrected chi connectivity index (χ3v) is 5.21. The zero-order valence-corrected chi connectivity index (χ0v) is 13.0. The Morgan fingerprint density at radius 1 is 1.33 bits per heavy atom. The van der Waals surface area contributed by atoms with Crippen LogP contribution in [0.1, 0.15) is 69.5 Å². The van der Waals surface area contributed by atoms with E-state index in [0.717, 1.165) is 18.5 Å². The van der Waals surface area contributed by atoms with Gasteiger partial charge in [0.1, 0.15) is 5.78 Å². The molecule has 0 atom stereocenters. The molecule has 0 aromatic carbocycles. The summed E-state index contributed by atoms with van der Waals surface area (Å²) < 4.78 is 7.62. The molecule has 0 amide bonds. The summed E-state index contributed by atoms with van der Waals surface area (Å²) in [6.45, 7) is 0. The third kappa shape index (κ3) is 3.37. The van der Waals surface area contributed by atoms with Gasteiger partial charge < -0.3 is 4.74 Å². The molecule has 0 saturated heterocycles. The van der Waals surface area contributed by atoms with Crippen LogP contribution in [-0.4, -0.2) is 28.3 Å². The summed E-state index contributed by atoms with van der Waals surface area (Å²) in [4.78, 5) is 12.2. The summed E-state index contributed by atoms with van der Waals surface area (Å²) in [6.07, 6.45) is 12.7. The number of carbonyl (C=O) groups excluding carboxylic acids is 1. The molecule has 0 unspecified atom stereocenters. The van der Waals surface area contributed by atoms with Crippen molar-refractivity contribution in [3.63, 3.8) is 0 Å². The first kappa shape index (κ1) is 14.8. The average Bonchev–Trinajstić information content (AvgIpc) is 2.92. The first-order valence-electron chi connectivity index (χ1n) is 8.32. The van der Waals surface area contributed by atoms with Gasteiger partial charge in [-0.3, -0.25) is 9.48 Å². The SMILES string of the molecule is COC1(CC(=O)Cc2ccn(C3CCCCC3)n2)CCC1. The van der Waals surface area contributed by atoms with E-state index < -0.39 is 0 Å². The van der Waals surface area contributed by atoms with Crippen molar-refractivity contribution < 1.29 is 9.53 Å². The monoisotopic (exact) mass is 290 g/mol. The number of ether oxygens (including phenoxy) is 1. The van der Waals surface area contributed by atoms with Crippen LogP contribution in [0.5, 0.6) is 0 Å². The number of rotatable bonds is 6. The Balaban J connectivity index is 1.55. The average molecular weight is 290 g/mol. The maximum absolute atomic E-state index is 12.2. The van der Waals surface area contributed by atoms with E-state index in [-0.39, 0.29) is 11.4 Å². The van der Waals surface area contributed by atoms with Crippen molar-refractivity contribution >= 4 is 5.78 Å². The van der Waals surface area contributed by atoms with Gasteiger partial charge in [-0.1, -0.05) is 19.3 Å². The summed E-state index contributed by atoms with van der Waals surface area (Å²) in [7, 11) is 1.73. The van der Waals surface area contributed by atoms with Gasteiger partial charge in [-0.2, -0.15) is 5.10 Å². The minimum atomic E-state index is -0.164. The van der Waals surface area contributed by atoms with Crippen LogP contribution in [0.25, 0.3) is 0 Å². The summed E-state index contributed by atoms with van der Waals surface area (Å²) in [5.41, 5.74) is 0.749. The molecule has 4 heteroatoms. The van der Waals surface area contributed by atoms with Gasteiger partial charge in [-0.15, -0.1) is 0 Å². The molecular weight excluding hydrogens is 264 g/mol. The molecule has 116 valence electrons. The highest BCUT2D eigenvalue weighted by molar-refractivity contribution is 5.81. The summed E-state index contributed by atoms with van der Waals surface area (Å²) in [5.74, 6) is 0.255. The highest BCUT2D eigenvalue weighted by Gasteiger charge is 2.38. The molecule has 0 aliphatic heterocycles.